The molecule has 2 aromatic heterocycles. The average molecular weight is 983 g/mol. The summed E-state index contributed by atoms with van der Waals surface area (Å²) in [6.45, 7) is 7.72. The summed E-state index contributed by atoms with van der Waals surface area (Å²) in [7, 11) is 2.70. The molecule has 0 saturated carbocycles. The van der Waals surface area contributed by atoms with Crippen molar-refractivity contribution in [3.8, 4) is 28.7 Å². The van der Waals surface area contributed by atoms with Gasteiger partial charge in [-0.25, -0.2) is 14.6 Å². The molecule has 0 spiro atoms. The molecular formula is C48H46N4O19. The number of aromatic hydroxyl groups is 3. The van der Waals surface area contributed by atoms with Crippen LogP contribution in [0.1, 0.15) is 98.7 Å². The Morgan fingerprint density at radius 2 is 1.66 bits per heavy atom. The van der Waals surface area contributed by atoms with Crippen LogP contribution in [-0.4, -0.2) is 123 Å². The Labute approximate surface area is 401 Å². The van der Waals surface area contributed by atoms with Crippen LogP contribution in [0, 0.1) is 17.7 Å². The Morgan fingerprint density at radius 3 is 2.34 bits per heavy atom. The fraction of sp³-hybridized carbons (Fsp3) is 0.375. The van der Waals surface area contributed by atoms with Crippen molar-refractivity contribution in [3.63, 3.8) is 0 Å². The lowest BCUT2D eigenvalue weighted by atomic mass is 9.82. The minimum absolute atomic E-state index is 0.0251. The zero-order chi connectivity index (χ0) is 51.8. The molecule has 1 fully saturated rings. The van der Waals surface area contributed by atoms with Gasteiger partial charge in [-0.1, -0.05) is 18.2 Å². The number of phenols is 1. The van der Waals surface area contributed by atoms with Gasteiger partial charge in [0.05, 0.1) is 36.3 Å². The molecule has 1 aliphatic carbocycles. The number of methoxy groups -OCH3 is 2. The Kier molecular flexibility index (Phi) is 12.6. The molecule has 71 heavy (non-hydrogen) atoms. The van der Waals surface area contributed by atoms with E-state index in [9.17, 15) is 58.9 Å². The second kappa shape index (κ2) is 18.1. The Morgan fingerprint density at radius 1 is 0.944 bits per heavy atom. The quantitative estimate of drug-likeness (QED) is 0.0788. The van der Waals surface area contributed by atoms with Gasteiger partial charge in [-0.05, 0) is 64.0 Å². The number of hydrogen-bond acceptors (Lipinski definition) is 22. The number of phenolic OH excluding ortho intramolecular Hbond substituents is 1. The molecule has 1 amide bonds. The first-order valence-electron chi connectivity index (χ1n) is 21.9. The number of fused-ring (bicyclic) bond motifs is 2. The van der Waals surface area contributed by atoms with E-state index in [4.69, 9.17) is 32.8 Å². The lowest BCUT2D eigenvalue weighted by molar-refractivity contribution is -0.210. The van der Waals surface area contributed by atoms with Gasteiger partial charge in [-0.2, -0.15) is 4.91 Å². The van der Waals surface area contributed by atoms with Crippen molar-refractivity contribution in [1.29, 1.82) is 0 Å². The summed E-state index contributed by atoms with van der Waals surface area (Å²) in [6.07, 6.45) is -6.64. The van der Waals surface area contributed by atoms with E-state index in [0.29, 0.717) is 0 Å². The Balaban J connectivity index is 1.21. The van der Waals surface area contributed by atoms with Crippen LogP contribution >= 0.6 is 0 Å². The van der Waals surface area contributed by atoms with E-state index in [1.807, 2.05) is 0 Å². The smallest absolute Gasteiger partial charge is 0.364 e. The Bertz CT molecular complexity index is 3160. The largest absolute Gasteiger partial charge is 0.507 e. The van der Waals surface area contributed by atoms with Crippen LogP contribution in [0.25, 0.3) is 11.0 Å². The Hall–Kier alpha value is -8.02. The number of esters is 1. The highest BCUT2D eigenvalue weighted by molar-refractivity contribution is 6.31. The molecule has 5 heterocycles. The lowest BCUT2D eigenvalue weighted by Gasteiger charge is -2.42. The molecule has 3 aliphatic heterocycles. The number of rotatable bonds is 9. The molecule has 8 unspecified atom stereocenters. The zero-order valence-corrected chi connectivity index (χ0v) is 39.1. The highest BCUT2D eigenvalue weighted by atomic mass is 16.7. The van der Waals surface area contributed by atoms with Crippen molar-refractivity contribution in [1.82, 2.24) is 10.3 Å². The third-order valence-corrected chi connectivity index (χ3v) is 12.9. The highest BCUT2D eigenvalue weighted by Gasteiger charge is 2.52. The topological polar surface area (TPSA) is 335 Å². The molecule has 4 aliphatic rings. The number of amides is 1. The average Bonchev–Trinajstić information content (AvgIpc) is 3.33. The van der Waals surface area contributed by atoms with Crippen molar-refractivity contribution in [2.75, 3.05) is 26.1 Å². The number of nitroso groups, excluding NO2 is 1. The molecule has 23 heteroatoms. The summed E-state index contributed by atoms with van der Waals surface area (Å²) >= 11 is 0. The SMILES string of the molecule is COc1ccc2c(O)c(NC(=O)c3cc(OC4CC(C)(N=O)C(OC)C(C)O4)c(O)c(C(=O)OC4C(C)/C=C(/C)C(=O)c5c(O)c(C)cc6c5C(=O)C5=C(NCC(C)(O5)C(=O)C4O)C6=O)n3)c(=O)oc2c1. The van der Waals surface area contributed by atoms with Crippen LogP contribution in [0.5, 0.6) is 28.7 Å². The highest BCUT2D eigenvalue weighted by Crippen LogP contribution is 2.42. The van der Waals surface area contributed by atoms with Crippen LogP contribution in [0.3, 0.4) is 0 Å². The maximum Gasteiger partial charge on any atom is 0.364 e. The van der Waals surface area contributed by atoms with Crippen LogP contribution in [0.15, 0.2) is 67.8 Å². The molecule has 3 bridgehead atoms. The van der Waals surface area contributed by atoms with Gasteiger partial charge in [0.2, 0.25) is 23.6 Å². The third-order valence-electron chi connectivity index (χ3n) is 12.9. The number of aliphatic hydroxyl groups excluding tert-OH is 1. The predicted octanol–water partition coefficient (Wildman–Crippen LogP) is 3.83. The molecular weight excluding hydrogens is 937 g/mol. The third kappa shape index (κ3) is 8.29. The molecule has 1 saturated heterocycles. The number of pyridine rings is 1. The maximum absolute atomic E-state index is 14.5. The standard InChI is InChI=1S/C48H46N4O19/c1-17-11-19(3)40(39(59)42(60)48(6)16-49-30-36(56)23-12-18(2)34(54)29(33(17)53)28(23)38(58)41(30)71-48)70-46(63)32-37(57)26(68-27-15-47(5,52-64)43(66-8)20(4)67-27)14-24(50-32)44(61)51-31-35(55)22-10-9-21(65-7)13-25(22)69-45(31)62/h9-14,19-20,27,39-40,43,49,54-55,57,59H,15-16H2,1-8H3,(H,51,61)/b17-11-. The van der Waals surface area contributed by atoms with Crippen molar-refractivity contribution in [2.45, 2.75) is 89.8 Å². The van der Waals surface area contributed by atoms with Crippen molar-refractivity contribution in [3.05, 3.63) is 102 Å². The fourth-order valence-corrected chi connectivity index (χ4v) is 9.19. The first-order valence-corrected chi connectivity index (χ1v) is 21.9. The zero-order valence-electron chi connectivity index (χ0n) is 39.1. The molecule has 2 aromatic carbocycles. The number of allylic oxidation sites excluding steroid dienone is 3. The number of anilines is 1. The van der Waals surface area contributed by atoms with E-state index >= 15 is 0 Å². The number of carbonyl (C=O) groups excluding carboxylic acids is 6. The number of ether oxygens (including phenoxy) is 6. The number of hydrogen-bond donors (Lipinski definition) is 6. The van der Waals surface area contributed by atoms with Gasteiger partial charge in [0, 0.05) is 37.1 Å². The minimum Gasteiger partial charge on any atom is -0.507 e. The first kappa shape index (κ1) is 49.4. The van der Waals surface area contributed by atoms with E-state index in [2.05, 4.69) is 20.8 Å². The van der Waals surface area contributed by atoms with E-state index in [0.717, 1.165) is 6.07 Å². The van der Waals surface area contributed by atoms with Crippen molar-refractivity contribution in [2.24, 2.45) is 11.1 Å². The predicted molar refractivity (Wildman–Crippen MR) is 243 cm³/mol. The van der Waals surface area contributed by atoms with E-state index in [-0.39, 0.29) is 45.5 Å². The van der Waals surface area contributed by atoms with Crippen molar-refractivity contribution < 1.29 is 82.0 Å². The van der Waals surface area contributed by atoms with Crippen LogP contribution in [-0.2, 0) is 23.7 Å². The summed E-state index contributed by atoms with van der Waals surface area (Å²) in [5.41, 5.74) is -9.35. The number of carbonyl (C=O) groups is 6. The molecule has 6 N–H and O–H groups in total. The number of Topliss-reactive ketones (excluding diaryl/α,β-unsaturated/α-hetero) is 4. The van der Waals surface area contributed by atoms with Crippen molar-refractivity contribution >= 4 is 51.7 Å². The second-order valence-electron chi connectivity index (χ2n) is 17.9. The number of aromatic nitrogens is 1. The molecule has 372 valence electrons. The van der Waals surface area contributed by atoms with Gasteiger partial charge in [0.25, 0.3) is 5.91 Å². The van der Waals surface area contributed by atoms with Crippen LogP contribution in [0.4, 0.5) is 5.69 Å². The number of ketones is 4. The molecule has 8 atom stereocenters. The molecule has 0 radical (unpaired) electrons. The normalized spacial score (nSPS) is 27.0. The van der Waals surface area contributed by atoms with Gasteiger partial charge in [0.15, 0.2) is 51.9 Å². The minimum atomic E-state index is -2.37. The number of aliphatic hydroxyl groups is 1. The van der Waals surface area contributed by atoms with Gasteiger partial charge < -0.3 is 63.9 Å². The number of nitrogens with zero attached hydrogens (tertiary/aromatic N) is 2. The van der Waals surface area contributed by atoms with E-state index < -0.39 is 152 Å². The summed E-state index contributed by atoms with van der Waals surface area (Å²) in [4.78, 5) is 115. The fourth-order valence-electron chi connectivity index (χ4n) is 9.19. The summed E-state index contributed by atoms with van der Waals surface area (Å²) < 4.78 is 39.5. The maximum atomic E-state index is 14.5. The second-order valence-corrected chi connectivity index (χ2v) is 17.9. The summed E-state index contributed by atoms with van der Waals surface area (Å²) in [5, 5.41) is 54.1. The van der Waals surface area contributed by atoms with E-state index in [1.54, 1.807) is 6.92 Å². The van der Waals surface area contributed by atoms with E-state index in [1.165, 1.54) is 79.2 Å². The number of benzene rings is 2. The van der Waals surface area contributed by atoms with Gasteiger partial charge in [-0.15, -0.1) is 0 Å². The molecule has 23 nitrogen and oxygen atoms in total. The summed E-state index contributed by atoms with van der Waals surface area (Å²) in [5.74, 6) is -11.8. The monoisotopic (exact) mass is 982 g/mol. The van der Waals surface area contributed by atoms with Gasteiger partial charge >= 0.3 is 11.6 Å². The van der Waals surface area contributed by atoms with Crippen LogP contribution < -0.4 is 25.7 Å². The summed E-state index contributed by atoms with van der Waals surface area (Å²) in [6, 6.07) is 6.18. The van der Waals surface area contributed by atoms with Gasteiger partial charge in [0.1, 0.15) is 46.2 Å². The lowest BCUT2D eigenvalue weighted by Crippen LogP contribution is -2.59. The first-order chi connectivity index (χ1) is 33.5. The molecule has 8 rings (SSSR count). The molecule has 4 aromatic rings. The van der Waals surface area contributed by atoms with Gasteiger partial charge in [-0.3, -0.25) is 24.0 Å². The number of aryl methyl sites for hydroxylation is 1. The van der Waals surface area contributed by atoms with Crippen LogP contribution in [0.2, 0.25) is 0 Å². The number of nitrogens with one attached hydrogen (secondary N) is 2.